The molecule has 0 spiro atoms. The van der Waals surface area contributed by atoms with Crippen molar-refractivity contribution in [3.63, 3.8) is 0 Å². The van der Waals surface area contributed by atoms with E-state index in [0.717, 1.165) is 12.5 Å². The van der Waals surface area contributed by atoms with Crippen molar-refractivity contribution >= 4 is 6.03 Å². The maximum absolute atomic E-state index is 12.0. The van der Waals surface area contributed by atoms with Crippen molar-refractivity contribution in [3.05, 3.63) is 0 Å². The Morgan fingerprint density at radius 3 is 2.27 bits per heavy atom. The highest BCUT2D eigenvalue weighted by Crippen LogP contribution is 2.34. The van der Waals surface area contributed by atoms with Gasteiger partial charge in [0.1, 0.15) is 0 Å². The highest BCUT2D eigenvalue weighted by molar-refractivity contribution is 5.75. The summed E-state index contributed by atoms with van der Waals surface area (Å²) in [7, 11) is 0. The van der Waals surface area contributed by atoms with Crippen LogP contribution in [0.3, 0.4) is 0 Å². The molecule has 15 heavy (non-hydrogen) atoms. The fourth-order valence-electron chi connectivity index (χ4n) is 1.76. The van der Waals surface area contributed by atoms with Crippen molar-refractivity contribution in [3.8, 4) is 0 Å². The van der Waals surface area contributed by atoms with Crippen molar-refractivity contribution in [1.29, 1.82) is 0 Å². The number of hydrogen-bond acceptors (Lipinski definition) is 1. The largest absolute Gasteiger partial charge is 0.333 e. The van der Waals surface area contributed by atoms with Crippen LogP contribution in [0.5, 0.6) is 0 Å². The predicted molar refractivity (Wildman–Crippen MR) is 60.7 cm³/mol. The van der Waals surface area contributed by atoms with Crippen LogP contribution >= 0.6 is 0 Å². The lowest BCUT2D eigenvalue weighted by atomic mass is 10.1. The summed E-state index contributed by atoms with van der Waals surface area (Å²) in [6.07, 6.45) is 5.02. The van der Waals surface area contributed by atoms with Gasteiger partial charge in [0, 0.05) is 18.1 Å². The summed E-state index contributed by atoms with van der Waals surface area (Å²) >= 11 is 0. The Morgan fingerprint density at radius 1 is 1.27 bits per heavy atom. The van der Waals surface area contributed by atoms with E-state index >= 15 is 0 Å². The number of nitrogens with zero attached hydrogens (tertiary/aromatic N) is 1. The first kappa shape index (κ1) is 10.8. The molecular weight excluding hydrogens is 188 g/mol. The quantitative estimate of drug-likeness (QED) is 0.762. The third-order valence-electron chi connectivity index (χ3n) is 2.88. The van der Waals surface area contributed by atoms with E-state index in [1.165, 1.54) is 25.7 Å². The molecule has 86 valence electrons. The number of carbonyl (C=O) groups excluding carboxylic acids is 1. The molecule has 0 unspecified atom stereocenters. The molecule has 0 saturated heterocycles. The van der Waals surface area contributed by atoms with E-state index in [2.05, 4.69) is 10.2 Å². The lowest BCUT2D eigenvalue weighted by molar-refractivity contribution is 0.183. The smallest absolute Gasteiger partial charge is 0.318 e. The molecule has 2 fully saturated rings. The number of amides is 2. The summed E-state index contributed by atoms with van der Waals surface area (Å²) in [6, 6.07) is 0.671. The highest BCUT2D eigenvalue weighted by atomic mass is 16.2. The fourth-order valence-corrected chi connectivity index (χ4v) is 1.76. The number of carbonyl (C=O) groups is 1. The third kappa shape index (κ3) is 3.40. The first-order chi connectivity index (χ1) is 6.96. The summed E-state index contributed by atoms with van der Waals surface area (Å²) in [5, 5.41) is 3.06. The van der Waals surface area contributed by atoms with Crippen LogP contribution in [0.15, 0.2) is 0 Å². The molecule has 0 aromatic heterocycles. The van der Waals surface area contributed by atoms with Crippen LogP contribution in [0, 0.1) is 5.92 Å². The number of rotatable bonds is 3. The molecule has 2 saturated carbocycles. The molecule has 0 radical (unpaired) electrons. The normalized spacial score (nSPS) is 21.3. The lowest BCUT2D eigenvalue weighted by Gasteiger charge is -2.28. The molecule has 1 N–H and O–H groups in total. The molecule has 0 aromatic carbocycles. The second-order valence-electron chi connectivity index (χ2n) is 6.01. The monoisotopic (exact) mass is 210 g/mol. The Kier molecular flexibility index (Phi) is 2.65. The van der Waals surface area contributed by atoms with Gasteiger partial charge >= 0.3 is 6.03 Å². The van der Waals surface area contributed by atoms with E-state index in [4.69, 9.17) is 0 Å². The molecule has 2 aliphatic rings. The minimum Gasteiger partial charge on any atom is -0.333 e. The molecule has 0 aromatic rings. The summed E-state index contributed by atoms with van der Waals surface area (Å²) in [5.74, 6) is 0.788. The van der Waals surface area contributed by atoms with E-state index in [0.29, 0.717) is 6.04 Å². The fraction of sp³-hybridized carbons (Fsp3) is 0.917. The summed E-state index contributed by atoms with van der Waals surface area (Å²) < 4.78 is 0. The second kappa shape index (κ2) is 3.69. The van der Waals surface area contributed by atoms with Gasteiger partial charge < -0.3 is 10.2 Å². The van der Waals surface area contributed by atoms with Gasteiger partial charge in [0.05, 0.1) is 0 Å². The van der Waals surface area contributed by atoms with Gasteiger partial charge in [-0.1, -0.05) is 0 Å². The zero-order valence-corrected chi connectivity index (χ0v) is 10.0. The topological polar surface area (TPSA) is 32.3 Å². The minimum absolute atomic E-state index is 0.117. The third-order valence-corrected chi connectivity index (χ3v) is 2.88. The zero-order valence-electron chi connectivity index (χ0n) is 10.0. The van der Waals surface area contributed by atoms with Crippen LogP contribution in [0.2, 0.25) is 0 Å². The van der Waals surface area contributed by atoms with E-state index < -0.39 is 0 Å². The van der Waals surface area contributed by atoms with Gasteiger partial charge in [-0.3, -0.25) is 0 Å². The van der Waals surface area contributed by atoms with Crippen molar-refractivity contribution in [2.45, 2.75) is 58.0 Å². The molecular formula is C12H22N2O. The van der Waals surface area contributed by atoms with Crippen LogP contribution in [-0.4, -0.2) is 29.1 Å². The first-order valence-electron chi connectivity index (χ1n) is 6.04. The Hall–Kier alpha value is -0.730. The van der Waals surface area contributed by atoms with Crippen LogP contribution < -0.4 is 5.32 Å². The Morgan fingerprint density at radius 2 is 1.87 bits per heavy atom. The van der Waals surface area contributed by atoms with Gasteiger partial charge in [-0.05, 0) is 52.4 Å². The molecule has 3 heteroatoms. The average Bonchev–Trinajstić information content (AvgIpc) is 2.92. The van der Waals surface area contributed by atoms with Gasteiger partial charge in [-0.25, -0.2) is 4.79 Å². The van der Waals surface area contributed by atoms with E-state index in [9.17, 15) is 4.79 Å². The highest BCUT2D eigenvalue weighted by Gasteiger charge is 2.37. The molecule has 0 heterocycles. The lowest BCUT2D eigenvalue weighted by Crippen LogP contribution is -2.49. The maximum Gasteiger partial charge on any atom is 0.318 e. The molecule has 2 amide bonds. The minimum atomic E-state index is -0.117. The van der Waals surface area contributed by atoms with Gasteiger partial charge in [0.15, 0.2) is 0 Å². The number of hydrogen-bond donors (Lipinski definition) is 1. The van der Waals surface area contributed by atoms with Gasteiger partial charge in [-0.15, -0.1) is 0 Å². The number of nitrogens with one attached hydrogen (secondary N) is 1. The van der Waals surface area contributed by atoms with Crippen molar-refractivity contribution < 1.29 is 4.79 Å². The van der Waals surface area contributed by atoms with Crippen LogP contribution in [0.1, 0.15) is 46.5 Å². The number of urea groups is 1. The molecule has 3 nitrogen and oxygen atoms in total. The van der Waals surface area contributed by atoms with Crippen LogP contribution in [-0.2, 0) is 0 Å². The summed E-state index contributed by atoms with van der Waals surface area (Å²) in [5.41, 5.74) is -0.117. The molecule has 0 bridgehead atoms. The maximum atomic E-state index is 12.0. The second-order valence-corrected chi connectivity index (χ2v) is 6.01. The Labute approximate surface area is 92.2 Å². The average molecular weight is 210 g/mol. The van der Waals surface area contributed by atoms with Gasteiger partial charge in [0.25, 0.3) is 0 Å². The molecule has 2 rings (SSSR count). The van der Waals surface area contributed by atoms with Crippen molar-refractivity contribution in [1.82, 2.24) is 10.2 Å². The summed E-state index contributed by atoms with van der Waals surface area (Å²) in [6.45, 7) is 7.08. The molecule has 2 aliphatic carbocycles. The van der Waals surface area contributed by atoms with Gasteiger partial charge in [0.2, 0.25) is 0 Å². The standard InChI is InChI=1S/C12H22N2O/c1-12(2,3)13-11(15)14(10-6-7-10)8-9-4-5-9/h9-10H,4-8H2,1-3H3,(H,13,15). The van der Waals surface area contributed by atoms with Gasteiger partial charge in [-0.2, -0.15) is 0 Å². The predicted octanol–water partition coefficient (Wildman–Crippen LogP) is 2.37. The molecule has 0 atom stereocenters. The van der Waals surface area contributed by atoms with Crippen LogP contribution in [0.4, 0.5) is 4.79 Å². The van der Waals surface area contributed by atoms with Crippen molar-refractivity contribution in [2.24, 2.45) is 5.92 Å². The van der Waals surface area contributed by atoms with E-state index in [1.54, 1.807) is 0 Å². The molecule has 0 aliphatic heterocycles. The zero-order chi connectivity index (χ0) is 11.1. The van der Waals surface area contributed by atoms with Crippen LogP contribution in [0.25, 0.3) is 0 Å². The SMILES string of the molecule is CC(C)(C)NC(=O)N(CC1CC1)C1CC1. The van der Waals surface area contributed by atoms with E-state index in [1.807, 2.05) is 20.8 Å². The van der Waals surface area contributed by atoms with Crippen molar-refractivity contribution in [2.75, 3.05) is 6.54 Å². The Bertz CT molecular complexity index is 249. The summed E-state index contributed by atoms with van der Waals surface area (Å²) in [4.78, 5) is 14.1. The first-order valence-corrected chi connectivity index (χ1v) is 6.04. The van der Waals surface area contributed by atoms with E-state index in [-0.39, 0.29) is 11.6 Å². The Balaban J connectivity index is 1.88.